The molecular weight excluding hydrogens is 315 g/mol. The Labute approximate surface area is 129 Å². The molecule has 102 valence electrons. The molecule has 1 aliphatic rings. The van der Waals surface area contributed by atoms with Crippen LogP contribution < -0.4 is 11.3 Å². The summed E-state index contributed by atoms with van der Waals surface area (Å²) >= 11 is 13.7. The second kappa shape index (κ2) is 5.54. The van der Waals surface area contributed by atoms with Gasteiger partial charge in [-0.2, -0.15) is 0 Å². The molecule has 0 atom stereocenters. The van der Waals surface area contributed by atoms with E-state index in [1.807, 2.05) is 30.3 Å². The first-order chi connectivity index (χ1) is 9.69. The quantitative estimate of drug-likeness (QED) is 0.623. The van der Waals surface area contributed by atoms with E-state index in [4.69, 9.17) is 29.0 Å². The third kappa shape index (κ3) is 2.45. The van der Waals surface area contributed by atoms with Gasteiger partial charge in [0.25, 0.3) is 0 Å². The minimum absolute atomic E-state index is 0.371. The number of fused-ring (bicyclic) bond motifs is 1. The van der Waals surface area contributed by atoms with E-state index in [9.17, 15) is 0 Å². The lowest BCUT2D eigenvalue weighted by Gasteiger charge is -2.06. The molecule has 1 aromatic carbocycles. The molecule has 1 aromatic heterocycles. The number of hydrogen-bond donors (Lipinski definition) is 2. The highest BCUT2D eigenvalue weighted by Crippen LogP contribution is 2.37. The summed E-state index contributed by atoms with van der Waals surface area (Å²) in [5, 5.41) is 1.42. The van der Waals surface area contributed by atoms with Crippen LogP contribution in [0.25, 0.3) is 0 Å². The first kappa shape index (κ1) is 13.6. The number of nitrogens with one attached hydrogen (secondary N) is 1. The van der Waals surface area contributed by atoms with Crippen molar-refractivity contribution < 1.29 is 0 Å². The van der Waals surface area contributed by atoms with E-state index in [0.717, 1.165) is 21.8 Å². The Morgan fingerprint density at radius 1 is 1.20 bits per heavy atom. The molecule has 1 aliphatic heterocycles. The molecule has 3 rings (SSSR count). The highest BCUT2D eigenvalue weighted by Gasteiger charge is 2.20. The van der Waals surface area contributed by atoms with Gasteiger partial charge >= 0.3 is 0 Å². The molecule has 20 heavy (non-hydrogen) atoms. The summed E-state index contributed by atoms with van der Waals surface area (Å²) < 4.78 is 0.650. The van der Waals surface area contributed by atoms with Crippen LogP contribution >= 0.6 is 34.5 Å². The van der Waals surface area contributed by atoms with Gasteiger partial charge in [0.2, 0.25) is 0 Å². The Bertz CT molecular complexity index is 721. The van der Waals surface area contributed by atoms with Gasteiger partial charge in [0.1, 0.15) is 10.8 Å². The average Bonchev–Trinajstić information content (AvgIpc) is 2.71. The lowest BCUT2D eigenvalue weighted by atomic mass is 10.0. The van der Waals surface area contributed by atoms with Crippen molar-refractivity contribution >= 4 is 51.1 Å². The highest BCUT2D eigenvalue weighted by molar-refractivity contribution is 7.20. The smallest absolute Gasteiger partial charge is 0.139 e. The lowest BCUT2D eigenvalue weighted by Crippen LogP contribution is -2.32. The fourth-order valence-corrected chi connectivity index (χ4v) is 3.30. The predicted octanol–water partition coefficient (Wildman–Crippen LogP) is 3.40. The first-order valence-corrected chi connectivity index (χ1v) is 7.39. The van der Waals surface area contributed by atoms with Crippen molar-refractivity contribution in [3.63, 3.8) is 0 Å². The third-order valence-corrected chi connectivity index (χ3v) is 4.34. The molecule has 0 aliphatic carbocycles. The zero-order valence-corrected chi connectivity index (χ0v) is 12.6. The zero-order chi connectivity index (χ0) is 14.1. The van der Waals surface area contributed by atoms with E-state index in [1.165, 1.54) is 11.3 Å². The van der Waals surface area contributed by atoms with Crippen molar-refractivity contribution in [1.82, 2.24) is 5.43 Å². The molecule has 0 bridgehead atoms. The molecule has 7 heteroatoms. The van der Waals surface area contributed by atoms with Crippen molar-refractivity contribution in [3.05, 3.63) is 50.8 Å². The van der Waals surface area contributed by atoms with Crippen LogP contribution in [-0.2, 0) is 0 Å². The molecule has 0 saturated carbocycles. The minimum atomic E-state index is 0.371. The summed E-state index contributed by atoms with van der Waals surface area (Å²) in [5.41, 5.74) is 5.07. The molecule has 0 unspecified atom stereocenters. The number of thiophene rings is 1. The van der Waals surface area contributed by atoms with E-state index in [2.05, 4.69) is 15.4 Å². The standard InChI is InChI=1S/C13H10Cl2N4S/c14-9-4-2-1-3-7(9)12-8-5-10(15)20-13(8)18-11(19-16)6-17-12/h1-5H,6,16H2,(H,18,19). The minimum Gasteiger partial charge on any atom is -0.310 e. The average molecular weight is 325 g/mol. The Morgan fingerprint density at radius 2 is 2.00 bits per heavy atom. The maximum Gasteiger partial charge on any atom is 0.139 e. The van der Waals surface area contributed by atoms with Crippen LogP contribution in [0.3, 0.4) is 0 Å². The summed E-state index contributed by atoms with van der Waals surface area (Å²) in [6, 6.07) is 9.42. The lowest BCUT2D eigenvalue weighted by molar-refractivity contribution is 0.993. The van der Waals surface area contributed by atoms with Gasteiger partial charge in [0.15, 0.2) is 0 Å². The van der Waals surface area contributed by atoms with Gasteiger partial charge in [-0.15, -0.1) is 11.3 Å². The van der Waals surface area contributed by atoms with E-state index in [0.29, 0.717) is 21.7 Å². The number of halogens is 2. The molecule has 3 N–H and O–H groups in total. The van der Waals surface area contributed by atoms with Gasteiger partial charge in [-0.05, 0) is 12.1 Å². The van der Waals surface area contributed by atoms with Crippen LogP contribution in [0.1, 0.15) is 11.1 Å². The summed E-state index contributed by atoms with van der Waals surface area (Å²) in [6.07, 6.45) is 0. The molecular formula is C13H10Cl2N4S. The number of amidine groups is 1. The van der Waals surface area contributed by atoms with E-state index < -0.39 is 0 Å². The third-order valence-electron chi connectivity index (χ3n) is 2.86. The summed E-state index contributed by atoms with van der Waals surface area (Å²) in [6.45, 7) is 0.371. The van der Waals surface area contributed by atoms with Gasteiger partial charge in [0, 0.05) is 16.1 Å². The number of benzene rings is 1. The fraction of sp³-hybridized carbons (Fsp3) is 0.0769. The number of hydrogen-bond acceptors (Lipinski definition) is 5. The van der Waals surface area contributed by atoms with Crippen LogP contribution in [0.2, 0.25) is 9.36 Å². The van der Waals surface area contributed by atoms with Crippen molar-refractivity contribution in [2.45, 2.75) is 0 Å². The van der Waals surface area contributed by atoms with Crippen molar-refractivity contribution in [2.75, 3.05) is 6.54 Å². The maximum absolute atomic E-state index is 6.27. The van der Waals surface area contributed by atoms with Gasteiger partial charge < -0.3 is 5.43 Å². The van der Waals surface area contributed by atoms with E-state index in [1.54, 1.807) is 0 Å². The molecule has 0 spiro atoms. The van der Waals surface area contributed by atoms with E-state index in [-0.39, 0.29) is 0 Å². The fourth-order valence-electron chi connectivity index (χ4n) is 1.96. The van der Waals surface area contributed by atoms with E-state index >= 15 is 0 Å². The summed E-state index contributed by atoms with van der Waals surface area (Å²) in [7, 11) is 0. The number of nitrogens with two attached hydrogens (primary N) is 1. The Morgan fingerprint density at radius 3 is 2.75 bits per heavy atom. The van der Waals surface area contributed by atoms with Gasteiger partial charge in [-0.3, -0.25) is 4.99 Å². The number of rotatable bonds is 1. The van der Waals surface area contributed by atoms with Crippen LogP contribution in [0, 0.1) is 0 Å². The summed E-state index contributed by atoms with van der Waals surface area (Å²) in [4.78, 5) is 9.01. The molecule has 0 radical (unpaired) electrons. The van der Waals surface area contributed by atoms with Crippen molar-refractivity contribution in [2.24, 2.45) is 15.8 Å². The van der Waals surface area contributed by atoms with Gasteiger partial charge in [-0.25, -0.2) is 10.8 Å². The second-order valence-electron chi connectivity index (χ2n) is 4.12. The highest BCUT2D eigenvalue weighted by atomic mass is 35.5. The molecule has 0 fully saturated rings. The predicted molar refractivity (Wildman–Crippen MR) is 85.7 cm³/mol. The number of aliphatic imine (C=N–C) groups is 2. The molecule has 2 aromatic rings. The summed E-state index contributed by atoms with van der Waals surface area (Å²) in [5.74, 6) is 6.04. The van der Waals surface area contributed by atoms with Crippen LogP contribution in [0.5, 0.6) is 0 Å². The van der Waals surface area contributed by atoms with Crippen LogP contribution in [-0.4, -0.2) is 18.1 Å². The van der Waals surface area contributed by atoms with Gasteiger partial charge in [0.05, 0.1) is 16.6 Å². The topological polar surface area (TPSA) is 62.8 Å². The largest absolute Gasteiger partial charge is 0.310 e. The molecule has 0 saturated heterocycles. The Hall–Kier alpha value is -1.40. The maximum atomic E-state index is 6.27. The normalized spacial score (nSPS) is 14.2. The van der Waals surface area contributed by atoms with Crippen molar-refractivity contribution in [3.8, 4) is 0 Å². The Balaban J connectivity index is 2.19. The monoisotopic (exact) mass is 324 g/mol. The number of nitrogens with zero attached hydrogens (tertiary/aromatic N) is 2. The van der Waals surface area contributed by atoms with Crippen molar-refractivity contribution in [1.29, 1.82) is 0 Å². The van der Waals surface area contributed by atoms with Gasteiger partial charge in [-0.1, -0.05) is 41.4 Å². The SMILES string of the molecule is NNC1=Nc2sc(Cl)cc2C(c2ccccc2Cl)=NC1. The Kier molecular flexibility index (Phi) is 3.76. The molecule has 2 heterocycles. The molecule has 0 amide bonds. The zero-order valence-electron chi connectivity index (χ0n) is 10.2. The second-order valence-corrected chi connectivity index (χ2v) is 6.19. The van der Waals surface area contributed by atoms with Crippen LogP contribution in [0.15, 0.2) is 40.3 Å². The number of hydrazine groups is 1. The first-order valence-electron chi connectivity index (χ1n) is 5.82. The van der Waals surface area contributed by atoms with Crippen LogP contribution in [0.4, 0.5) is 5.00 Å². The molecule has 4 nitrogen and oxygen atoms in total.